The Hall–Kier alpha value is -1.35. The third-order valence-electron chi connectivity index (χ3n) is 2.96. The van der Waals surface area contributed by atoms with Gasteiger partial charge in [-0.15, -0.1) is 0 Å². The first kappa shape index (κ1) is 16.7. The molecule has 0 aliphatic carbocycles. The molecule has 0 saturated heterocycles. The highest BCUT2D eigenvalue weighted by molar-refractivity contribution is 5.81. The van der Waals surface area contributed by atoms with Gasteiger partial charge in [-0.25, -0.2) is 4.79 Å². The summed E-state index contributed by atoms with van der Waals surface area (Å²) in [7, 11) is 0. The molecule has 112 valence electrons. The summed E-state index contributed by atoms with van der Waals surface area (Å²) in [5.74, 6) is -0.306. The Bertz CT molecular complexity index is 412. The molecule has 1 aromatic rings. The molecule has 0 N–H and O–H groups in total. The third-order valence-corrected chi connectivity index (χ3v) is 2.96. The van der Waals surface area contributed by atoms with Gasteiger partial charge in [0, 0.05) is 6.61 Å². The lowest BCUT2D eigenvalue weighted by Crippen LogP contribution is -2.43. The summed E-state index contributed by atoms with van der Waals surface area (Å²) in [5, 5.41) is 0. The molecule has 20 heavy (non-hydrogen) atoms. The second-order valence-electron chi connectivity index (χ2n) is 5.88. The van der Waals surface area contributed by atoms with Gasteiger partial charge in [-0.2, -0.15) is 0 Å². The summed E-state index contributed by atoms with van der Waals surface area (Å²) in [4.78, 5) is 12.7. The van der Waals surface area contributed by atoms with Crippen LogP contribution in [0.3, 0.4) is 0 Å². The van der Waals surface area contributed by atoms with Gasteiger partial charge in [0.25, 0.3) is 0 Å². The van der Waals surface area contributed by atoms with E-state index >= 15 is 0 Å². The van der Waals surface area contributed by atoms with Crippen LogP contribution < -0.4 is 0 Å². The molecular weight excluding hydrogens is 252 g/mol. The van der Waals surface area contributed by atoms with E-state index in [1.165, 1.54) is 0 Å². The number of esters is 1. The molecule has 3 heteroatoms. The van der Waals surface area contributed by atoms with E-state index in [1.54, 1.807) is 0 Å². The summed E-state index contributed by atoms with van der Waals surface area (Å²) in [6.45, 7) is 10.0. The molecule has 1 rings (SSSR count). The minimum atomic E-state index is -1.00. The zero-order valence-electron chi connectivity index (χ0n) is 13.2. The molecule has 0 bridgehead atoms. The largest absolute Gasteiger partial charge is 0.458 e. The minimum Gasteiger partial charge on any atom is -0.458 e. The summed E-state index contributed by atoms with van der Waals surface area (Å²) in [6, 6.07) is 9.62. The fourth-order valence-electron chi connectivity index (χ4n) is 2.25. The van der Waals surface area contributed by atoms with Gasteiger partial charge in [0.1, 0.15) is 5.60 Å². The smallest absolute Gasteiger partial charge is 0.343 e. The first-order valence-electron chi connectivity index (χ1n) is 7.28. The van der Waals surface area contributed by atoms with Crippen LogP contribution in [0.15, 0.2) is 30.3 Å². The van der Waals surface area contributed by atoms with E-state index in [0.29, 0.717) is 13.0 Å². The molecule has 1 unspecified atom stereocenters. The number of ether oxygens (including phenoxy) is 2. The maximum absolute atomic E-state index is 12.7. The van der Waals surface area contributed by atoms with Crippen molar-refractivity contribution in [3.05, 3.63) is 35.9 Å². The quantitative estimate of drug-likeness (QED) is 0.736. The highest BCUT2D eigenvalue weighted by Crippen LogP contribution is 2.34. The molecular formula is C17H26O3. The molecule has 0 aliphatic rings. The molecule has 0 amide bonds. The number of hydrogen-bond donors (Lipinski definition) is 0. The first-order valence-corrected chi connectivity index (χ1v) is 7.28. The normalized spacial score (nSPS) is 14.7. The Kier molecular flexibility index (Phi) is 5.75. The van der Waals surface area contributed by atoms with Crippen LogP contribution in [0.4, 0.5) is 0 Å². The van der Waals surface area contributed by atoms with E-state index < -0.39 is 11.2 Å². The van der Waals surface area contributed by atoms with Crippen molar-refractivity contribution >= 4 is 5.97 Å². The van der Waals surface area contributed by atoms with Crippen molar-refractivity contribution in [3.63, 3.8) is 0 Å². The topological polar surface area (TPSA) is 35.5 Å². The van der Waals surface area contributed by atoms with Gasteiger partial charge in [0.05, 0.1) is 0 Å². The van der Waals surface area contributed by atoms with Crippen LogP contribution in [0.5, 0.6) is 0 Å². The van der Waals surface area contributed by atoms with Gasteiger partial charge in [0.2, 0.25) is 0 Å². The highest BCUT2D eigenvalue weighted by Gasteiger charge is 2.43. The summed E-state index contributed by atoms with van der Waals surface area (Å²) in [5.41, 5.74) is -0.669. The standard InChI is InChI=1S/C17H26O3/c1-6-13-17(19-7-2,14-11-9-8-10-12-14)15(18)20-16(3,4)5/h8-12H,6-7,13H2,1-5H3. The molecule has 1 aromatic carbocycles. The van der Waals surface area contributed by atoms with Crippen LogP contribution >= 0.6 is 0 Å². The second kappa shape index (κ2) is 6.89. The Balaban J connectivity index is 3.21. The fraction of sp³-hybridized carbons (Fsp3) is 0.588. The van der Waals surface area contributed by atoms with Crippen molar-refractivity contribution < 1.29 is 14.3 Å². The maximum atomic E-state index is 12.7. The third kappa shape index (κ3) is 4.07. The number of benzene rings is 1. The van der Waals surface area contributed by atoms with E-state index in [4.69, 9.17) is 9.47 Å². The van der Waals surface area contributed by atoms with E-state index in [-0.39, 0.29) is 5.97 Å². The van der Waals surface area contributed by atoms with Crippen molar-refractivity contribution in [2.45, 2.75) is 58.7 Å². The molecule has 0 aromatic heterocycles. The molecule has 0 saturated carbocycles. The SMILES string of the molecule is CCCC(OCC)(C(=O)OC(C)(C)C)c1ccccc1. The van der Waals surface area contributed by atoms with Crippen LogP contribution in [-0.2, 0) is 19.9 Å². The van der Waals surface area contributed by atoms with Crippen LogP contribution in [-0.4, -0.2) is 18.2 Å². The molecule has 0 fully saturated rings. The highest BCUT2D eigenvalue weighted by atomic mass is 16.6. The summed E-state index contributed by atoms with van der Waals surface area (Å²) in [6.07, 6.45) is 1.45. The van der Waals surface area contributed by atoms with Crippen LogP contribution in [0.2, 0.25) is 0 Å². The maximum Gasteiger partial charge on any atom is 0.343 e. The minimum absolute atomic E-state index is 0.306. The first-order chi connectivity index (χ1) is 9.35. The van der Waals surface area contributed by atoms with Gasteiger partial charge >= 0.3 is 5.97 Å². The molecule has 0 aliphatic heterocycles. The van der Waals surface area contributed by atoms with Gasteiger partial charge in [-0.05, 0) is 39.7 Å². The summed E-state index contributed by atoms with van der Waals surface area (Å²) < 4.78 is 11.5. The Morgan fingerprint density at radius 2 is 1.70 bits per heavy atom. The van der Waals surface area contributed by atoms with Gasteiger partial charge in [-0.3, -0.25) is 0 Å². The van der Waals surface area contributed by atoms with Crippen molar-refractivity contribution in [1.29, 1.82) is 0 Å². The van der Waals surface area contributed by atoms with Crippen LogP contribution in [0.1, 0.15) is 53.0 Å². The Morgan fingerprint density at radius 3 is 2.15 bits per heavy atom. The van der Waals surface area contributed by atoms with Crippen molar-refractivity contribution in [1.82, 2.24) is 0 Å². The monoisotopic (exact) mass is 278 g/mol. The number of carbonyl (C=O) groups is 1. The number of carbonyl (C=O) groups excluding carboxylic acids is 1. The summed E-state index contributed by atoms with van der Waals surface area (Å²) >= 11 is 0. The molecule has 0 spiro atoms. The predicted octanol–water partition coefficient (Wildman–Crippen LogP) is 4.06. The van der Waals surface area contributed by atoms with Crippen molar-refractivity contribution in [2.24, 2.45) is 0 Å². The average Bonchev–Trinajstić information content (AvgIpc) is 2.37. The molecule has 3 nitrogen and oxygen atoms in total. The number of rotatable bonds is 6. The Labute approximate surface area is 122 Å². The molecule has 0 heterocycles. The van der Waals surface area contributed by atoms with E-state index in [9.17, 15) is 4.79 Å². The zero-order valence-corrected chi connectivity index (χ0v) is 13.2. The molecule has 0 radical (unpaired) electrons. The van der Waals surface area contributed by atoms with Gasteiger partial charge < -0.3 is 9.47 Å². The lowest BCUT2D eigenvalue weighted by Gasteiger charge is -2.34. The Morgan fingerprint density at radius 1 is 1.10 bits per heavy atom. The lowest BCUT2D eigenvalue weighted by molar-refractivity contribution is -0.187. The van der Waals surface area contributed by atoms with Crippen molar-refractivity contribution in [2.75, 3.05) is 6.61 Å². The predicted molar refractivity (Wildman–Crippen MR) is 80.5 cm³/mol. The van der Waals surface area contributed by atoms with Crippen molar-refractivity contribution in [3.8, 4) is 0 Å². The lowest BCUT2D eigenvalue weighted by atomic mass is 9.88. The number of hydrogen-bond acceptors (Lipinski definition) is 3. The zero-order chi connectivity index (χ0) is 15.2. The average molecular weight is 278 g/mol. The second-order valence-corrected chi connectivity index (χ2v) is 5.88. The van der Waals surface area contributed by atoms with Gasteiger partial charge in [0.15, 0.2) is 5.60 Å². The van der Waals surface area contributed by atoms with E-state index in [1.807, 2.05) is 65.0 Å². The molecule has 1 atom stereocenters. The van der Waals surface area contributed by atoms with E-state index in [2.05, 4.69) is 0 Å². The fourth-order valence-corrected chi connectivity index (χ4v) is 2.25. The van der Waals surface area contributed by atoms with E-state index in [0.717, 1.165) is 12.0 Å². The van der Waals surface area contributed by atoms with Gasteiger partial charge in [-0.1, -0.05) is 43.7 Å². The van der Waals surface area contributed by atoms with Crippen LogP contribution in [0.25, 0.3) is 0 Å². The van der Waals surface area contributed by atoms with Crippen LogP contribution in [0, 0.1) is 0 Å².